The van der Waals surface area contributed by atoms with Crippen molar-refractivity contribution >= 4 is 11.7 Å². The molecule has 0 aliphatic carbocycles. The standard InChI is InChI=1S/C8H10N4O/c9-8(13)11-10-6-3-5-12-4-1-2-7(6)12/h1-2,4H,3,5H2,(H3,9,11,13). The van der Waals surface area contributed by atoms with Crippen molar-refractivity contribution in [2.75, 3.05) is 0 Å². The summed E-state index contributed by atoms with van der Waals surface area (Å²) < 4.78 is 2.08. The van der Waals surface area contributed by atoms with Crippen molar-refractivity contribution in [1.29, 1.82) is 0 Å². The monoisotopic (exact) mass is 178 g/mol. The number of carbonyl (C=O) groups is 1. The first-order valence-electron chi connectivity index (χ1n) is 4.05. The molecule has 0 saturated heterocycles. The van der Waals surface area contributed by atoms with Crippen molar-refractivity contribution in [1.82, 2.24) is 9.99 Å². The molecule has 2 rings (SSSR count). The van der Waals surface area contributed by atoms with Crippen LogP contribution in [0.2, 0.25) is 0 Å². The average Bonchev–Trinajstić information content (AvgIpc) is 2.60. The van der Waals surface area contributed by atoms with E-state index in [9.17, 15) is 4.79 Å². The number of nitrogens with one attached hydrogen (secondary N) is 1. The van der Waals surface area contributed by atoms with E-state index in [-0.39, 0.29) is 0 Å². The van der Waals surface area contributed by atoms with Crippen LogP contribution in [0.3, 0.4) is 0 Å². The molecule has 2 heterocycles. The Morgan fingerprint density at radius 1 is 1.69 bits per heavy atom. The number of carbonyl (C=O) groups excluding carboxylic acids is 1. The lowest BCUT2D eigenvalue weighted by Gasteiger charge is -1.95. The summed E-state index contributed by atoms with van der Waals surface area (Å²) in [6, 6.07) is 3.29. The molecule has 1 aliphatic rings. The fourth-order valence-electron chi connectivity index (χ4n) is 1.46. The minimum Gasteiger partial charge on any atom is -0.350 e. The number of rotatable bonds is 1. The van der Waals surface area contributed by atoms with Crippen LogP contribution in [0.4, 0.5) is 4.79 Å². The minimum atomic E-state index is -0.627. The molecule has 0 unspecified atom stereocenters. The lowest BCUT2D eigenvalue weighted by molar-refractivity contribution is 0.249. The molecule has 0 atom stereocenters. The molecule has 0 bridgehead atoms. The van der Waals surface area contributed by atoms with Gasteiger partial charge in [0.2, 0.25) is 0 Å². The van der Waals surface area contributed by atoms with E-state index in [2.05, 4.69) is 15.1 Å². The molecular weight excluding hydrogens is 168 g/mol. The zero-order valence-electron chi connectivity index (χ0n) is 7.03. The summed E-state index contributed by atoms with van der Waals surface area (Å²) in [5, 5.41) is 3.91. The predicted molar refractivity (Wildman–Crippen MR) is 48.3 cm³/mol. The molecule has 68 valence electrons. The number of hydrogen-bond acceptors (Lipinski definition) is 2. The first-order chi connectivity index (χ1) is 6.27. The molecule has 1 aromatic rings. The van der Waals surface area contributed by atoms with Gasteiger partial charge >= 0.3 is 6.03 Å². The van der Waals surface area contributed by atoms with E-state index in [0.29, 0.717) is 0 Å². The number of fused-ring (bicyclic) bond motifs is 1. The SMILES string of the molecule is NC(=O)NN=C1CCn2cccc21. The van der Waals surface area contributed by atoms with Gasteiger partial charge in [-0.25, -0.2) is 10.2 Å². The van der Waals surface area contributed by atoms with Crippen molar-refractivity contribution in [3.8, 4) is 0 Å². The van der Waals surface area contributed by atoms with Gasteiger partial charge in [0.05, 0.1) is 11.4 Å². The summed E-state index contributed by atoms with van der Waals surface area (Å²) in [5.41, 5.74) is 9.06. The third kappa shape index (κ3) is 1.40. The second kappa shape index (κ2) is 2.93. The summed E-state index contributed by atoms with van der Waals surface area (Å²) in [7, 11) is 0. The molecule has 0 spiro atoms. The van der Waals surface area contributed by atoms with Crippen LogP contribution in [0.15, 0.2) is 23.4 Å². The van der Waals surface area contributed by atoms with Gasteiger partial charge in [-0.05, 0) is 12.1 Å². The van der Waals surface area contributed by atoms with E-state index in [0.717, 1.165) is 24.4 Å². The Bertz CT molecular complexity index is 366. The molecular formula is C8H10N4O. The Hall–Kier alpha value is -1.78. The third-order valence-corrected chi connectivity index (χ3v) is 2.02. The smallest absolute Gasteiger partial charge is 0.332 e. The zero-order valence-corrected chi connectivity index (χ0v) is 7.03. The molecule has 5 heteroatoms. The Morgan fingerprint density at radius 2 is 2.54 bits per heavy atom. The maximum absolute atomic E-state index is 10.4. The highest BCUT2D eigenvalue weighted by Gasteiger charge is 2.16. The highest BCUT2D eigenvalue weighted by molar-refractivity contribution is 6.01. The molecule has 13 heavy (non-hydrogen) atoms. The number of hydrogen-bond donors (Lipinski definition) is 2. The number of aryl methyl sites for hydroxylation is 1. The van der Waals surface area contributed by atoms with Gasteiger partial charge in [0, 0.05) is 19.2 Å². The van der Waals surface area contributed by atoms with Crippen LogP contribution in [-0.4, -0.2) is 16.3 Å². The second-order valence-corrected chi connectivity index (χ2v) is 2.87. The average molecular weight is 178 g/mol. The Kier molecular flexibility index (Phi) is 1.77. The van der Waals surface area contributed by atoms with Crippen LogP contribution in [0.1, 0.15) is 12.1 Å². The number of hydrazone groups is 1. The van der Waals surface area contributed by atoms with Crippen molar-refractivity contribution in [3.05, 3.63) is 24.0 Å². The van der Waals surface area contributed by atoms with Gasteiger partial charge in [-0.1, -0.05) is 0 Å². The van der Waals surface area contributed by atoms with E-state index in [1.807, 2.05) is 18.3 Å². The van der Waals surface area contributed by atoms with Crippen molar-refractivity contribution in [2.24, 2.45) is 10.8 Å². The lowest BCUT2D eigenvalue weighted by atomic mass is 10.2. The summed E-state index contributed by atoms with van der Waals surface area (Å²) in [4.78, 5) is 10.4. The molecule has 1 aromatic heterocycles. The van der Waals surface area contributed by atoms with Gasteiger partial charge in [0.1, 0.15) is 0 Å². The van der Waals surface area contributed by atoms with Crippen LogP contribution >= 0.6 is 0 Å². The van der Waals surface area contributed by atoms with Gasteiger partial charge in [0.15, 0.2) is 0 Å². The minimum absolute atomic E-state index is 0.627. The van der Waals surface area contributed by atoms with Crippen LogP contribution in [-0.2, 0) is 6.54 Å². The van der Waals surface area contributed by atoms with Gasteiger partial charge in [0.25, 0.3) is 0 Å². The number of nitrogens with zero attached hydrogens (tertiary/aromatic N) is 2. The van der Waals surface area contributed by atoms with Gasteiger partial charge in [-0.3, -0.25) is 0 Å². The number of aromatic nitrogens is 1. The van der Waals surface area contributed by atoms with Crippen molar-refractivity contribution in [3.63, 3.8) is 0 Å². The van der Waals surface area contributed by atoms with E-state index in [1.165, 1.54) is 0 Å². The summed E-state index contributed by atoms with van der Waals surface area (Å²) in [5.74, 6) is 0. The number of nitrogens with two attached hydrogens (primary N) is 1. The van der Waals surface area contributed by atoms with E-state index in [1.54, 1.807) is 0 Å². The first kappa shape index (κ1) is 7.85. The van der Waals surface area contributed by atoms with Gasteiger partial charge in [-0.2, -0.15) is 5.10 Å². The molecule has 0 fully saturated rings. The number of primary amides is 1. The maximum atomic E-state index is 10.4. The van der Waals surface area contributed by atoms with Crippen LogP contribution in [0.5, 0.6) is 0 Å². The van der Waals surface area contributed by atoms with E-state index >= 15 is 0 Å². The Balaban J connectivity index is 2.20. The molecule has 5 nitrogen and oxygen atoms in total. The number of urea groups is 1. The fraction of sp³-hybridized carbons (Fsp3) is 0.250. The molecule has 0 radical (unpaired) electrons. The maximum Gasteiger partial charge on any atom is 0.332 e. The van der Waals surface area contributed by atoms with Crippen molar-refractivity contribution in [2.45, 2.75) is 13.0 Å². The van der Waals surface area contributed by atoms with E-state index in [4.69, 9.17) is 5.73 Å². The summed E-state index contributed by atoms with van der Waals surface area (Å²) in [6.07, 6.45) is 2.83. The largest absolute Gasteiger partial charge is 0.350 e. The summed E-state index contributed by atoms with van der Waals surface area (Å²) >= 11 is 0. The molecule has 2 amide bonds. The van der Waals surface area contributed by atoms with Crippen LogP contribution < -0.4 is 11.2 Å². The normalized spacial score (nSPS) is 17.4. The highest BCUT2D eigenvalue weighted by atomic mass is 16.2. The number of amides is 2. The Labute approximate surface area is 75.2 Å². The highest BCUT2D eigenvalue weighted by Crippen LogP contribution is 2.15. The lowest BCUT2D eigenvalue weighted by Crippen LogP contribution is -2.25. The molecule has 3 N–H and O–H groups in total. The molecule has 0 saturated carbocycles. The van der Waals surface area contributed by atoms with Gasteiger partial charge in [-0.15, -0.1) is 0 Å². The first-order valence-corrected chi connectivity index (χ1v) is 4.05. The quantitative estimate of drug-likeness (QED) is 0.595. The van der Waals surface area contributed by atoms with E-state index < -0.39 is 6.03 Å². The molecule has 0 aromatic carbocycles. The van der Waals surface area contributed by atoms with Crippen LogP contribution in [0.25, 0.3) is 0 Å². The van der Waals surface area contributed by atoms with Crippen molar-refractivity contribution < 1.29 is 4.79 Å². The predicted octanol–water partition coefficient (Wildman–Crippen LogP) is 0.264. The Morgan fingerprint density at radius 3 is 3.31 bits per heavy atom. The third-order valence-electron chi connectivity index (χ3n) is 2.02. The molecule has 1 aliphatic heterocycles. The second-order valence-electron chi connectivity index (χ2n) is 2.87. The van der Waals surface area contributed by atoms with Gasteiger partial charge < -0.3 is 10.3 Å². The fourth-order valence-corrected chi connectivity index (χ4v) is 1.46. The summed E-state index contributed by atoms with van der Waals surface area (Å²) in [6.45, 7) is 0.918. The topological polar surface area (TPSA) is 72.4 Å². The van der Waals surface area contributed by atoms with Crippen LogP contribution in [0, 0.1) is 0 Å². The zero-order chi connectivity index (χ0) is 9.26.